The van der Waals surface area contributed by atoms with Crippen molar-refractivity contribution in [3.05, 3.63) is 162 Å². The van der Waals surface area contributed by atoms with Crippen LogP contribution in [0, 0.1) is 5.92 Å². The van der Waals surface area contributed by atoms with E-state index in [1.165, 1.54) is 0 Å². The maximum atomic E-state index is 12.3. The van der Waals surface area contributed by atoms with E-state index in [0.29, 0.717) is 25.3 Å². The number of carboxylic acids is 1. The van der Waals surface area contributed by atoms with Crippen LogP contribution in [0.2, 0.25) is 0 Å². The average molecular weight is 678 g/mol. The molecule has 1 atom stereocenters. The molecular weight excluding hydrogens is 635 g/mol. The smallest absolute Gasteiger partial charge is 0.321 e. The average Bonchev–Trinajstić information content (AvgIpc) is 3.65. The fraction of sp³-hybridized carbons (Fsp3) is 0.233. The molecule has 8 heteroatoms. The summed E-state index contributed by atoms with van der Waals surface area (Å²) in [5.41, 5.74) is 6.04. The molecule has 0 aliphatic carbocycles. The quantitative estimate of drug-likeness (QED) is 0.0627. The summed E-state index contributed by atoms with van der Waals surface area (Å²) in [6, 6.07) is 46.8. The Hall–Kier alpha value is -5.73. The number of nitrogens with zero attached hydrogens (tertiary/aromatic N) is 5. The summed E-state index contributed by atoms with van der Waals surface area (Å²) >= 11 is 0. The second kappa shape index (κ2) is 16.3. The van der Waals surface area contributed by atoms with Crippen molar-refractivity contribution in [3.8, 4) is 22.5 Å². The molecule has 0 bridgehead atoms. The van der Waals surface area contributed by atoms with Crippen LogP contribution in [0.1, 0.15) is 55.4 Å². The summed E-state index contributed by atoms with van der Waals surface area (Å²) in [4.78, 5) is 25.2. The van der Waals surface area contributed by atoms with Crippen LogP contribution in [0.4, 0.5) is 0 Å². The fourth-order valence-corrected chi connectivity index (χ4v) is 7.16. The van der Waals surface area contributed by atoms with Gasteiger partial charge in [-0.05, 0) is 69.1 Å². The monoisotopic (exact) mass is 677 g/mol. The molecule has 0 aliphatic rings. The highest BCUT2D eigenvalue weighted by atomic mass is 16.4. The number of aliphatic carboxylic acids is 1. The van der Waals surface area contributed by atoms with Crippen LogP contribution < -0.4 is 0 Å². The van der Waals surface area contributed by atoms with E-state index >= 15 is 0 Å². The van der Waals surface area contributed by atoms with Crippen LogP contribution in [0.25, 0.3) is 22.5 Å². The number of carboxylic acid groups (broad SMARTS) is 1. The van der Waals surface area contributed by atoms with Gasteiger partial charge in [0.1, 0.15) is 17.9 Å². The lowest BCUT2D eigenvalue weighted by molar-refractivity contribution is -0.145. The minimum atomic E-state index is -0.883. The molecule has 0 fully saturated rings. The molecule has 6 aromatic rings. The molecule has 0 aliphatic heterocycles. The number of rotatable bonds is 16. The highest BCUT2D eigenvalue weighted by Crippen LogP contribution is 2.43. The van der Waals surface area contributed by atoms with Crippen molar-refractivity contribution in [2.24, 2.45) is 5.92 Å². The number of carbonyl (C=O) groups is 2. The van der Waals surface area contributed by atoms with E-state index in [4.69, 9.17) is 5.21 Å². The van der Waals surface area contributed by atoms with Gasteiger partial charge in [-0.3, -0.25) is 9.69 Å². The topological polar surface area (TPSA) is 101 Å². The van der Waals surface area contributed by atoms with Gasteiger partial charge >= 0.3 is 5.97 Å². The van der Waals surface area contributed by atoms with Crippen LogP contribution in [0.3, 0.4) is 0 Å². The van der Waals surface area contributed by atoms with Crippen LogP contribution in [-0.2, 0) is 21.7 Å². The standard InChI is InChI=1S/C43H43N5O3/c1-32(2)40(42(50)51)47(29-15-6-16-30-49)31-33-25-27-34(28-26-33)38-23-13-14-24-39(38)41-44-45-46-48(41)43(35-17-7-3-8-18-35,36-19-9-4-10-20-36)37-21-11-5-12-22-37/h3-5,7-14,17-28,30,32,40H,6,15-16,29,31H2,1-2H3,(H,50,51)/t40-/m0/s1. The summed E-state index contributed by atoms with van der Waals surface area (Å²) in [6.07, 6.45) is 2.89. The number of aromatic nitrogens is 4. The number of hydrogen-bond acceptors (Lipinski definition) is 6. The Bertz CT molecular complexity index is 1920. The molecule has 258 valence electrons. The Balaban J connectivity index is 1.42. The van der Waals surface area contributed by atoms with Gasteiger partial charge in [0.25, 0.3) is 0 Å². The van der Waals surface area contributed by atoms with E-state index < -0.39 is 17.6 Å². The molecule has 1 heterocycles. The summed E-state index contributed by atoms with van der Waals surface area (Å²) in [5.74, 6) is -0.282. The van der Waals surface area contributed by atoms with Crippen LogP contribution in [0.5, 0.6) is 0 Å². The van der Waals surface area contributed by atoms with Crippen molar-refractivity contribution in [2.45, 2.75) is 51.2 Å². The third-order valence-electron chi connectivity index (χ3n) is 9.48. The maximum Gasteiger partial charge on any atom is 0.321 e. The normalized spacial score (nSPS) is 12.2. The summed E-state index contributed by atoms with van der Waals surface area (Å²) in [7, 11) is 0. The molecule has 8 nitrogen and oxygen atoms in total. The van der Waals surface area contributed by atoms with Crippen molar-refractivity contribution < 1.29 is 14.7 Å². The SMILES string of the molecule is CC(C)[C@@H](C(=O)O)N(CCCCC=O)Cc1ccc(-c2ccccc2-c2nnnn2C(c2ccccc2)(c2ccccc2)c2ccccc2)cc1. The zero-order valence-corrected chi connectivity index (χ0v) is 29.0. The predicted octanol–water partition coefficient (Wildman–Crippen LogP) is 8.13. The Morgan fingerprint density at radius 3 is 1.78 bits per heavy atom. The Morgan fingerprint density at radius 2 is 1.27 bits per heavy atom. The molecule has 51 heavy (non-hydrogen) atoms. The highest BCUT2D eigenvalue weighted by Gasteiger charge is 2.42. The predicted molar refractivity (Wildman–Crippen MR) is 200 cm³/mol. The molecule has 0 amide bonds. The number of hydrogen-bond donors (Lipinski definition) is 1. The van der Waals surface area contributed by atoms with Gasteiger partial charge in [-0.15, -0.1) is 5.10 Å². The van der Waals surface area contributed by atoms with Crippen LogP contribution >= 0.6 is 0 Å². The second-order valence-electron chi connectivity index (χ2n) is 13.1. The van der Waals surface area contributed by atoms with Crippen molar-refractivity contribution in [3.63, 3.8) is 0 Å². The molecule has 1 N–H and O–H groups in total. The first-order valence-corrected chi connectivity index (χ1v) is 17.5. The van der Waals surface area contributed by atoms with Crippen LogP contribution in [0.15, 0.2) is 140 Å². The van der Waals surface area contributed by atoms with E-state index in [9.17, 15) is 14.7 Å². The van der Waals surface area contributed by atoms with Crippen molar-refractivity contribution in [1.82, 2.24) is 25.1 Å². The van der Waals surface area contributed by atoms with Crippen LogP contribution in [-0.4, -0.2) is 55.1 Å². The van der Waals surface area contributed by atoms with Crippen molar-refractivity contribution in [2.75, 3.05) is 6.54 Å². The molecule has 0 radical (unpaired) electrons. The molecule has 0 spiro atoms. The van der Waals surface area contributed by atoms with Crippen molar-refractivity contribution in [1.29, 1.82) is 0 Å². The number of carbonyl (C=O) groups excluding carboxylic acids is 1. The van der Waals surface area contributed by atoms with E-state index in [0.717, 1.165) is 58.1 Å². The molecule has 1 aromatic heterocycles. The number of benzene rings is 5. The van der Waals surface area contributed by atoms with Gasteiger partial charge in [-0.1, -0.05) is 153 Å². The fourth-order valence-electron chi connectivity index (χ4n) is 7.16. The zero-order chi connectivity index (χ0) is 35.6. The van der Waals surface area contributed by atoms with E-state index in [-0.39, 0.29) is 5.92 Å². The Morgan fingerprint density at radius 1 is 0.745 bits per heavy atom. The zero-order valence-electron chi connectivity index (χ0n) is 29.0. The van der Waals surface area contributed by atoms with Gasteiger partial charge in [0.05, 0.1) is 0 Å². The van der Waals surface area contributed by atoms with Gasteiger partial charge in [-0.25, -0.2) is 4.68 Å². The van der Waals surface area contributed by atoms with Gasteiger partial charge in [-0.2, -0.15) is 0 Å². The highest BCUT2D eigenvalue weighted by molar-refractivity contribution is 5.81. The maximum absolute atomic E-state index is 12.3. The lowest BCUT2D eigenvalue weighted by atomic mass is 9.77. The largest absolute Gasteiger partial charge is 0.480 e. The van der Waals surface area contributed by atoms with Crippen molar-refractivity contribution >= 4 is 12.3 Å². The third kappa shape index (κ3) is 7.42. The number of unbranched alkanes of at least 4 members (excludes halogenated alkanes) is 2. The first kappa shape index (κ1) is 35.1. The minimum Gasteiger partial charge on any atom is -0.480 e. The van der Waals surface area contributed by atoms with E-state index in [1.807, 2.05) is 90.2 Å². The molecule has 0 saturated heterocycles. The first-order chi connectivity index (χ1) is 24.9. The molecular formula is C43H43N5O3. The number of aldehydes is 1. The van der Waals surface area contributed by atoms with Gasteiger partial charge in [0, 0.05) is 18.5 Å². The van der Waals surface area contributed by atoms with Gasteiger partial charge in [0.15, 0.2) is 5.82 Å². The van der Waals surface area contributed by atoms with E-state index in [2.05, 4.69) is 83.1 Å². The third-order valence-corrected chi connectivity index (χ3v) is 9.48. The summed E-state index contributed by atoms with van der Waals surface area (Å²) in [5, 5.41) is 23.8. The molecule has 0 saturated carbocycles. The first-order valence-electron chi connectivity index (χ1n) is 17.5. The van der Waals surface area contributed by atoms with Gasteiger partial charge in [0.2, 0.25) is 0 Å². The summed E-state index contributed by atoms with van der Waals surface area (Å²) < 4.78 is 1.95. The number of tetrazole rings is 1. The Labute approximate surface area is 299 Å². The molecule has 5 aromatic carbocycles. The second-order valence-corrected chi connectivity index (χ2v) is 13.1. The lowest BCUT2D eigenvalue weighted by Gasteiger charge is -2.36. The lowest BCUT2D eigenvalue weighted by Crippen LogP contribution is -2.44. The van der Waals surface area contributed by atoms with E-state index in [1.54, 1.807) is 0 Å². The molecule has 6 rings (SSSR count). The summed E-state index contributed by atoms with van der Waals surface area (Å²) in [6.45, 7) is 4.96. The molecule has 0 unspecified atom stereocenters. The van der Waals surface area contributed by atoms with Gasteiger partial charge < -0.3 is 9.90 Å². The Kier molecular flexibility index (Phi) is 11.2. The minimum absolute atomic E-state index is 0.0690.